The standard InChI is InChI=1S/C22H29N3O/c1-18(24(2)21-11-7-4-8-12-21)17-23-20-13-15-25(16-14-20)22(26)19-9-5-3-6-10-19/h3-12,18,20,23H,13-17H2,1-2H3/t18-/m0/s1. The molecule has 1 saturated heterocycles. The van der Waals surface area contributed by atoms with E-state index >= 15 is 0 Å². The molecule has 1 N–H and O–H groups in total. The highest BCUT2D eigenvalue weighted by Crippen LogP contribution is 2.16. The first-order valence-corrected chi connectivity index (χ1v) is 9.50. The molecule has 1 aliphatic heterocycles. The van der Waals surface area contributed by atoms with Crippen LogP contribution in [0.5, 0.6) is 0 Å². The lowest BCUT2D eigenvalue weighted by Gasteiger charge is -2.34. The molecule has 0 radical (unpaired) electrons. The van der Waals surface area contributed by atoms with Crippen molar-refractivity contribution in [3.8, 4) is 0 Å². The first kappa shape index (κ1) is 18.5. The first-order valence-electron chi connectivity index (χ1n) is 9.50. The van der Waals surface area contributed by atoms with Crippen LogP contribution in [0.15, 0.2) is 60.7 Å². The Morgan fingerprint density at radius 1 is 1.08 bits per heavy atom. The molecular formula is C22H29N3O. The molecule has 1 heterocycles. The summed E-state index contributed by atoms with van der Waals surface area (Å²) in [5, 5.41) is 3.69. The fraction of sp³-hybridized carbons (Fsp3) is 0.409. The minimum absolute atomic E-state index is 0.154. The third-order valence-corrected chi connectivity index (χ3v) is 5.33. The molecule has 0 aromatic heterocycles. The molecule has 3 rings (SSSR count). The first-order chi connectivity index (χ1) is 12.6. The van der Waals surface area contributed by atoms with Gasteiger partial charge in [0, 0.05) is 50.0 Å². The van der Waals surface area contributed by atoms with Crippen molar-refractivity contribution < 1.29 is 4.79 Å². The SMILES string of the molecule is C[C@@H](CNC1CCN(C(=O)c2ccccc2)CC1)N(C)c1ccccc1. The summed E-state index contributed by atoms with van der Waals surface area (Å²) < 4.78 is 0. The second-order valence-electron chi connectivity index (χ2n) is 7.14. The summed E-state index contributed by atoms with van der Waals surface area (Å²) in [6, 6.07) is 21.0. The quantitative estimate of drug-likeness (QED) is 0.866. The van der Waals surface area contributed by atoms with Gasteiger partial charge in [-0.05, 0) is 44.0 Å². The molecule has 0 spiro atoms. The lowest BCUT2D eigenvalue weighted by Crippen LogP contribution is -2.48. The van der Waals surface area contributed by atoms with E-state index in [0.29, 0.717) is 12.1 Å². The molecule has 2 aromatic carbocycles. The number of likely N-dealkylation sites (N-methyl/N-ethyl adjacent to an activating group) is 1. The number of likely N-dealkylation sites (tertiary alicyclic amines) is 1. The van der Waals surface area contributed by atoms with Gasteiger partial charge in [-0.2, -0.15) is 0 Å². The van der Waals surface area contributed by atoms with Crippen LogP contribution in [0.1, 0.15) is 30.1 Å². The molecule has 2 aromatic rings. The Hall–Kier alpha value is -2.33. The highest BCUT2D eigenvalue weighted by molar-refractivity contribution is 5.94. The van der Waals surface area contributed by atoms with Gasteiger partial charge in [0.25, 0.3) is 5.91 Å². The lowest BCUT2D eigenvalue weighted by molar-refractivity contribution is 0.0705. The van der Waals surface area contributed by atoms with Gasteiger partial charge in [0.1, 0.15) is 0 Å². The van der Waals surface area contributed by atoms with Crippen LogP contribution in [-0.4, -0.2) is 49.6 Å². The number of amides is 1. The van der Waals surface area contributed by atoms with E-state index in [1.54, 1.807) is 0 Å². The molecule has 0 unspecified atom stereocenters. The fourth-order valence-corrected chi connectivity index (χ4v) is 3.44. The molecule has 4 heteroatoms. The Kier molecular flexibility index (Phi) is 6.29. The Morgan fingerprint density at radius 2 is 1.65 bits per heavy atom. The number of para-hydroxylation sites is 1. The van der Waals surface area contributed by atoms with E-state index in [0.717, 1.165) is 38.0 Å². The van der Waals surface area contributed by atoms with E-state index in [1.165, 1.54) is 5.69 Å². The van der Waals surface area contributed by atoms with Crippen molar-refractivity contribution in [3.63, 3.8) is 0 Å². The smallest absolute Gasteiger partial charge is 0.253 e. The molecule has 1 fully saturated rings. The van der Waals surface area contributed by atoms with Crippen molar-refractivity contribution in [1.82, 2.24) is 10.2 Å². The highest BCUT2D eigenvalue weighted by Gasteiger charge is 2.23. The lowest BCUT2D eigenvalue weighted by atomic mass is 10.0. The maximum Gasteiger partial charge on any atom is 0.253 e. The van der Waals surface area contributed by atoms with E-state index < -0.39 is 0 Å². The minimum Gasteiger partial charge on any atom is -0.371 e. The monoisotopic (exact) mass is 351 g/mol. The Balaban J connectivity index is 1.43. The van der Waals surface area contributed by atoms with Crippen molar-refractivity contribution in [2.75, 3.05) is 31.6 Å². The number of anilines is 1. The molecule has 1 atom stereocenters. The average molecular weight is 351 g/mol. The van der Waals surface area contributed by atoms with Gasteiger partial charge in [0.05, 0.1) is 0 Å². The minimum atomic E-state index is 0.154. The zero-order chi connectivity index (χ0) is 18.4. The van der Waals surface area contributed by atoms with Crippen LogP contribution in [-0.2, 0) is 0 Å². The second kappa shape index (κ2) is 8.86. The molecular weight excluding hydrogens is 322 g/mol. The zero-order valence-electron chi connectivity index (χ0n) is 15.8. The predicted molar refractivity (Wildman–Crippen MR) is 108 cm³/mol. The summed E-state index contributed by atoms with van der Waals surface area (Å²) in [5.74, 6) is 0.154. The van der Waals surface area contributed by atoms with Crippen molar-refractivity contribution in [2.45, 2.75) is 31.8 Å². The van der Waals surface area contributed by atoms with Crippen LogP contribution >= 0.6 is 0 Å². The Bertz CT molecular complexity index is 681. The highest BCUT2D eigenvalue weighted by atomic mass is 16.2. The molecule has 0 aliphatic carbocycles. The third-order valence-electron chi connectivity index (χ3n) is 5.33. The maximum atomic E-state index is 12.5. The molecule has 1 aliphatic rings. The number of nitrogens with one attached hydrogen (secondary N) is 1. The van der Waals surface area contributed by atoms with Crippen LogP contribution in [0.25, 0.3) is 0 Å². The number of piperidine rings is 1. The number of benzene rings is 2. The average Bonchev–Trinajstić information content (AvgIpc) is 2.72. The van der Waals surface area contributed by atoms with Crippen molar-refractivity contribution in [1.29, 1.82) is 0 Å². The van der Waals surface area contributed by atoms with Gasteiger partial charge in [0.2, 0.25) is 0 Å². The summed E-state index contributed by atoms with van der Waals surface area (Å²) in [7, 11) is 2.14. The topological polar surface area (TPSA) is 35.6 Å². The van der Waals surface area contributed by atoms with Gasteiger partial charge in [-0.25, -0.2) is 0 Å². The van der Waals surface area contributed by atoms with Crippen LogP contribution < -0.4 is 10.2 Å². The molecule has 4 nitrogen and oxygen atoms in total. The zero-order valence-corrected chi connectivity index (χ0v) is 15.8. The summed E-state index contributed by atoms with van der Waals surface area (Å²) in [6.45, 7) is 4.85. The molecule has 26 heavy (non-hydrogen) atoms. The Morgan fingerprint density at radius 3 is 2.27 bits per heavy atom. The maximum absolute atomic E-state index is 12.5. The number of hydrogen-bond acceptors (Lipinski definition) is 3. The summed E-state index contributed by atoms with van der Waals surface area (Å²) in [6.07, 6.45) is 2.03. The van der Waals surface area contributed by atoms with Crippen molar-refractivity contribution in [2.24, 2.45) is 0 Å². The number of carbonyl (C=O) groups excluding carboxylic acids is 1. The van der Waals surface area contributed by atoms with Crippen LogP contribution in [0.3, 0.4) is 0 Å². The third kappa shape index (κ3) is 4.64. The van der Waals surface area contributed by atoms with Crippen molar-refractivity contribution in [3.05, 3.63) is 66.2 Å². The second-order valence-corrected chi connectivity index (χ2v) is 7.14. The summed E-state index contributed by atoms with van der Waals surface area (Å²) in [4.78, 5) is 16.8. The van der Waals surface area contributed by atoms with Gasteiger partial charge < -0.3 is 15.1 Å². The number of carbonyl (C=O) groups is 1. The van der Waals surface area contributed by atoms with E-state index in [-0.39, 0.29) is 5.91 Å². The van der Waals surface area contributed by atoms with E-state index in [1.807, 2.05) is 41.3 Å². The van der Waals surface area contributed by atoms with Gasteiger partial charge in [-0.15, -0.1) is 0 Å². The molecule has 0 saturated carbocycles. The van der Waals surface area contributed by atoms with Crippen LogP contribution in [0.2, 0.25) is 0 Å². The predicted octanol–water partition coefficient (Wildman–Crippen LogP) is 3.41. The fourth-order valence-electron chi connectivity index (χ4n) is 3.44. The molecule has 1 amide bonds. The van der Waals surface area contributed by atoms with Crippen molar-refractivity contribution >= 4 is 11.6 Å². The van der Waals surface area contributed by atoms with Gasteiger partial charge in [-0.1, -0.05) is 36.4 Å². The summed E-state index contributed by atoms with van der Waals surface area (Å²) >= 11 is 0. The van der Waals surface area contributed by atoms with Crippen LogP contribution in [0, 0.1) is 0 Å². The van der Waals surface area contributed by atoms with E-state index in [4.69, 9.17) is 0 Å². The largest absolute Gasteiger partial charge is 0.371 e. The van der Waals surface area contributed by atoms with E-state index in [2.05, 4.69) is 48.5 Å². The normalized spacial score (nSPS) is 16.3. The number of hydrogen-bond donors (Lipinski definition) is 1. The number of nitrogens with zero attached hydrogens (tertiary/aromatic N) is 2. The molecule has 138 valence electrons. The van der Waals surface area contributed by atoms with Gasteiger partial charge in [0.15, 0.2) is 0 Å². The number of rotatable bonds is 6. The van der Waals surface area contributed by atoms with Gasteiger partial charge in [-0.3, -0.25) is 4.79 Å². The molecule has 0 bridgehead atoms. The van der Waals surface area contributed by atoms with Gasteiger partial charge >= 0.3 is 0 Å². The summed E-state index contributed by atoms with van der Waals surface area (Å²) in [5.41, 5.74) is 2.03. The van der Waals surface area contributed by atoms with E-state index in [9.17, 15) is 4.79 Å². The Labute approximate surface area is 156 Å². The van der Waals surface area contributed by atoms with Crippen LogP contribution in [0.4, 0.5) is 5.69 Å².